The van der Waals surface area contributed by atoms with Gasteiger partial charge in [0.05, 0.1) is 6.10 Å². The molecule has 2 aliphatic rings. The average Bonchev–Trinajstić information content (AvgIpc) is 2.90. The number of rotatable bonds is 4. The van der Waals surface area contributed by atoms with Crippen molar-refractivity contribution in [3.05, 3.63) is 23.8 Å². The van der Waals surface area contributed by atoms with E-state index in [2.05, 4.69) is 12.2 Å². The van der Waals surface area contributed by atoms with E-state index in [9.17, 15) is 5.11 Å². The number of β-amino-alcohol motifs (C(OH)–C–C–N with tert-alkyl or cyclic N) is 1. The number of fused-ring (bicyclic) bond motifs is 1. The van der Waals surface area contributed by atoms with Gasteiger partial charge in [-0.2, -0.15) is 0 Å². The molecular formula is C13H17NO3. The number of hydrogen-bond acceptors (Lipinski definition) is 4. The first kappa shape index (κ1) is 10.9. The lowest BCUT2D eigenvalue weighted by Gasteiger charge is -2.16. The van der Waals surface area contributed by atoms with Crippen LogP contribution in [0.4, 0.5) is 0 Å². The van der Waals surface area contributed by atoms with Gasteiger partial charge < -0.3 is 19.9 Å². The zero-order valence-corrected chi connectivity index (χ0v) is 9.90. The predicted molar refractivity (Wildman–Crippen MR) is 63.2 cm³/mol. The van der Waals surface area contributed by atoms with Gasteiger partial charge in [-0.1, -0.05) is 6.07 Å². The van der Waals surface area contributed by atoms with Crippen LogP contribution in [0.2, 0.25) is 0 Å². The summed E-state index contributed by atoms with van der Waals surface area (Å²) in [7, 11) is 0. The van der Waals surface area contributed by atoms with E-state index in [1.807, 2.05) is 18.2 Å². The lowest BCUT2D eigenvalue weighted by Crippen LogP contribution is -2.31. The molecule has 0 radical (unpaired) electrons. The fraction of sp³-hybridized carbons (Fsp3) is 0.538. The topological polar surface area (TPSA) is 50.7 Å². The van der Waals surface area contributed by atoms with E-state index in [0.29, 0.717) is 6.54 Å². The second-order valence-corrected chi connectivity index (χ2v) is 5.07. The third-order valence-corrected chi connectivity index (χ3v) is 3.50. The molecule has 0 aromatic heterocycles. The summed E-state index contributed by atoms with van der Waals surface area (Å²) < 4.78 is 10.5. The summed E-state index contributed by atoms with van der Waals surface area (Å²) in [5.41, 5.74) is 1.11. The van der Waals surface area contributed by atoms with Crippen LogP contribution in [0.15, 0.2) is 18.2 Å². The highest BCUT2D eigenvalue weighted by atomic mass is 16.7. The standard InChI is InChI=1S/C13H17NO3/c1-13(4-5-13)14-7-10(15)9-2-3-11-12(6-9)17-8-16-11/h2-3,6,10,14-15H,4-5,7-8H2,1H3. The highest BCUT2D eigenvalue weighted by Crippen LogP contribution is 2.36. The van der Waals surface area contributed by atoms with Crippen molar-refractivity contribution < 1.29 is 14.6 Å². The molecule has 1 atom stereocenters. The van der Waals surface area contributed by atoms with E-state index < -0.39 is 6.10 Å². The van der Waals surface area contributed by atoms with E-state index in [1.54, 1.807) is 0 Å². The minimum Gasteiger partial charge on any atom is -0.454 e. The van der Waals surface area contributed by atoms with Crippen LogP contribution in [-0.4, -0.2) is 24.0 Å². The number of nitrogens with one attached hydrogen (secondary N) is 1. The quantitative estimate of drug-likeness (QED) is 0.832. The average molecular weight is 235 g/mol. The second-order valence-electron chi connectivity index (χ2n) is 5.07. The van der Waals surface area contributed by atoms with Gasteiger partial charge in [0.25, 0.3) is 0 Å². The lowest BCUT2D eigenvalue weighted by atomic mass is 10.1. The molecule has 4 nitrogen and oxygen atoms in total. The van der Waals surface area contributed by atoms with Gasteiger partial charge in [0.15, 0.2) is 11.5 Å². The van der Waals surface area contributed by atoms with Crippen molar-refractivity contribution in [2.45, 2.75) is 31.4 Å². The molecule has 1 fully saturated rings. The van der Waals surface area contributed by atoms with E-state index in [4.69, 9.17) is 9.47 Å². The lowest BCUT2D eigenvalue weighted by molar-refractivity contribution is 0.167. The maximum atomic E-state index is 10.1. The van der Waals surface area contributed by atoms with Gasteiger partial charge in [-0.05, 0) is 37.5 Å². The number of ether oxygens (including phenoxy) is 2. The molecule has 1 aromatic carbocycles. The van der Waals surface area contributed by atoms with E-state index in [1.165, 1.54) is 12.8 Å². The second kappa shape index (κ2) is 3.89. The fourth-order valence-corrected chi connectivity index (χ4v) is 1.95. The van der Waals surface area contributed by atoms with Crippen molar-refractivity contribution in [3.8, 4) is 11.5 Å². The van der Waals surface area contributed by atoms with Gasteiger partial charge in [-0.15, -0.1) is 0 Å². The monoisotopic (exact) mass is 235 g/mol. The van der Waals surface area contributed by atoms with Gasteiger partial charge >= 0.3 is 0 Å². The molecule has 1 unspecified atom stereocenters. The number of aliphatic hydroxyl groups excluding tert-OH is 1. The highest BCUT2D eigenvalue weighted by Gasteiger charge is 2.36. The van der Waals surface area contributed by atoms with Crippen molar-refractivity contribution in [3.63, 3.8) is 0 Å². The minimum absolute atomic E-state index is 0.247. The Morgan fingerprint density at radius 2 is 2.12 bits per heavy atom. The van der Waals surface area contributed by atoms with E-state index in [0.717, 1.165) is 17.1 Å². The Morgan fingerprint density at radius 3 is 2.88 bits per heavy atom. The molecule has 0 amide bonds. The van der Waals surface area contributed by atoms with Gasteiger partial charge in [0.1, 0.15) is 0 Å². The predicted octanol–water partition coefficient (Wildman–Crippen LogP) is 1.59. The molecule has 3 rings (SSSR count). The van der Waals surface area contributed by atoms with Crippen LogP contribution >= 0.6 is 0 Å². The molecule has 17 heavy (non-hydrogen) atoms. The van der Waals surface area contributed by atoms with Crippen molar-refractivity contribution >= 4 is 0 Å². The molecule has 1 aromatic rings. The molecule has 4 heteroatoms. The van der Waals surface area contributed by atoms with Crippen LogP contribution in [0.3, 0.4) is 0 Å². The Balaban J connectivity index is 1.66. The minimum atomic E-state index is -0.498. The molecule has 1 aliphatic carbocycles. The van der Waals surface area contributed by atoms with Crippen LogP contribution in [-0.2, 0) is 0 Å². The van der Waals surface area contributed by atoms with Crippen LogP contribution in [0.1, 0.15) is 31.4 Å². The molecule has 1 heterocycles. The van der Waals surface area contributed by atoms with Crippen LogP contribution < -0.4 is 14.8 Å². The zero-order chi connectivity index (χ0) is 11.9. The van der Waals surface area contributed by atoms with Gasteiger partial charge in [-0.25, -0.2) is 0 Å². The first-order valence-electron chi connectivity index (χ1n) is 5.99. The summed E-state index contributed by atoms with van der Waals surface area (Å²) >= 11 is 0. The Labute approximate surface area is 101 Å². The third-order valence-electron chi connectivity index (χ3n) is 3.50. The smallest absolute Gasteiger partial charge is 0.231 e. The number of hydrogen-bond donors (Lipinski definition) is 2. The molecule has 92 valence electrons. The Hall–Kier alpha value is -1.26. The normalized spacial score (nSPS) is 21.3. The van der Waals surface area contributed by atoms with Crippen molar-refractivity contribution in [2.24, 2.45) is 0 Å². The van der Waals surface area contributed by atoms with Gasteiger partial charge in [-0.3, -0.25) is 0 Å². The third kappa shape index (κ3) is 2.23. The molecule has 1 aliphatic heterocycles. The van der Waals surface area contributed by atoms with Crippen LogP contribution in [0.25, 0.3) is 0 Å². The van der Waals surface area contributed by atoms with Crippen LogP contribution in [0.5, 0.6) is 11.5 Å². The molecule has 0 saturated heterocycles. The highest BCUT2D eigenvalue weighted by molar-refractivity contribution is 5.45. The van der Waals surface area contributed by atoms with Crippen molar-refractivity contribution in [1.82, 2.24) is 5.32 Å². The summed E-state index contributed by atoms with van der Waals surface area (Å²) in [6, 6.07) is 5.58. The molecule has 1 saturated carbocycles. The first-order chi connectivity index (χ1) is 8.16. The molecule has 0 spiro atoms. The Kier molecular flexibility index (Phi) is 2.49. The first-order valence-corrected chi connectivity index (χ1v) is 5.99. The Morgan fingerprint density at radius 1 is 1.35 bits per heavy atom. The summed E-state index contributed by atoms with van der Waals surface area (Å²) in [5, 5.41) is 13.5. The zero-order valence-electron chi connectivity index (χ0n) is 9.90. The SMILES string of the molecule is CC1(NCC(O)c2ccc3c(c2)OCO3)CC1. The van der Waals surface area contributed by atoms with Gasteiger partial charge in [0.2, 0.25) is 6.79 Å². The summed E-state index contributed by atoms with van der Waals surface area (Å²) in [5.74, 6) is 1.47. The fourth-order valence-electron chi connectivity index (χ4n) is 1.95. The molecular weight excluding hydrogens is 218 g/mol. The Bertz CT molecular complexity index is 429. The van der Waals surface area contributed by atoms with E-state index >= 15 is 0 Å². The largest absolute Gasteiger partial charge is 0.454 e. The summed E-state index contributed by atoms with van der Waals surface area (Å²) in [6.07, 6.45) is 1.89. The van der Waals surface area contributed by atoms with Crippen LogP contribution in [0, 0.1) is 0 Å². The van der Waals surface area contributed by atoms with E-state index in [-0.39, 0.29) is 12.3 Å². The number of aliphatic hydroxyl groups is 1. The van der Waals surface area contributed by atoms with Gasteiger partial charge in [0, 0.05) is 12.1 Å². The maximum Gasteiger partial charge on any atom is 0.231 e. The molecule has 2 N–H and O–H groups in total. The van der Waals surface area contributed by atoms with Crippen molar-refractivity contribution in [1.29, 1.82) is 0 Å². The molecule has 0 bridgehead atoms. The summed E-state index contributed by atoms with van der Waals surface area (Å²) in [6.45, 7) is 3.03. The number of benzene rings is 1. The maximum absolute atomic E-state index is 10.1. The van der Waals surface area contributed by atoms with Crippen molar-refractivity contribution in [2.75, 3.05) is 13.3 Å². The summed E-state index contributed by atoms with van der Waals surface area (Å²) in [4.78, 5) is 0.